The summed E-state index contributed by atoms with van der Waals surface area (Å²) in [7, 11) is 0. The van der Waals surface area contributed by atoms with Gasteiger partial charge in [-0.05, 0) is 29.4 Å². The smallest absolute Gasteiger partial charge is 0.123 e. The van der Waals surface area contributed by atoms with Crippen LogP contribution >= 0.6 is 0 Å². The fraction of sp³-hybridized carbons (Fsp3) is 0.600. The minimum atomic E-state index is 0.147. The van der Waals surface area contributed by atoms with Crippen LogP contribution < -0.4 is 4.74 Å². The van der Waals surface area contributed by atoms with Crippen LogP contribution in [0.4, 0.5) is 0 Å². The van der Waals surface area contributed by atoms with Gasteiger partial charge in [0.25, 0.3) is 0 Å². The van der Waals surface area contributed by atoms with E-state index >= 15 is 0 Å². The number of hydrogen-bond acceptors (Lipinski definition) is 1. The third kappa shape index (κ3) is 3.88. The molecule has 0 fully saturated rings. The lowest BCUT2D eigenvalue weighted by molar-refractivity contribution is 0.283. The maximum absolute atomic E-state index is 5.87. The van der Waals surface area contributed by atoms with Gasteiger partial charge in [-0.1, -0.05) is 52.8 Å². The van der Waals surface area contributed by atoms with Crippen molar-refractivity contribution in [1.82, 2.24) is 0 Å². The highest BCUT2D eigenvalue weighted by molar-refractivity contribution is 5.38. The lowest BCUT2D eigenvalue weighted by Gasteiger charge is -2.22. The Balaban J connectivity index is 2.72. The second-order valence-corrected chi connectivity index (χ2v) is 5.78. The molecule has 0 amide bonds. The second kappa shape index (κ2) is 5.38. The van der Waals surface area contributed by atoms with Crippen LogP contribution in [0.15, 0.2) is 24.3 Å². The highest BCUT2D eigenvalue weighted by Crippen LogP contribution is 2.31. The molecule has 1 rings (SSSR count). The van der Waals surface area contributed by atoms with Gasteiger partial charge in [-0.2, -0.15) is 0 Å². The lowest BCUT2D eigenvalue weighted by Crippen LogP contribution is -2.14. The first-order chi connectivity index (χ1) is 7.41. The molecule has 0 unspecified atom stereocenters. The summed E-state index contributed by atoms with van der Waals surface area (Å²) in [6.45, 7) is 11.9. The fourth-order valence-electron chi connectivity index (χ4n) is 1.62. The summed E-state index contributed by atoms with van der Waals surface area (Å²) in [6.07, 6.45) is 1.11. The number of ether oxygens (including phenoxy) is 1. The van der Waals surface area contributed by atoms with Crippen molar-refractivity contribution in [1.29, 1.82) is 0 Å². The molecule has 0 spiro atoms. The van der Waals surface area contributed by atoms with E-state index in [0.717, 1.165) is 18.8 Å². The first-order valence-electron chi connectivity index (χ1n) is 6.13. The standard InChI is InChI=1S/C15H24O/c1-12(2)10-11-16-14-9-7-6-8-13(14)15(3,4)5/h6-9,12H,10-11H2,1-5H3. The SMILES string of the molecule is CC(C)CCOc1ccccc1C(C)(C)C. The van der Waals surface area contributed by atoms with Gasteiger partial charge in [0.15, 0.2) is 0 Å². The van der Waals surface area contributed by atoms with Crippen LogP contribution in [0.2, 0.25) is 0 Å². The van der Waals surface area contributed by atoms with E-state index in [2.05, 4.69) is 52.8 Å². The molecule has 16 heavy (non-hydrogen) atoms. The molecule has 1 aromatic carbocycles. The lowest BCUT2D eigenvalue weighted by atomic mass is 9.86. The van der Waals surface area contributed by atoms with E-state index in [1.54, 1.807) is 0 Å². The van der Waals surface area contributed by atoms with Gasteiger partial charge in [0, 0.05) is 0 Å². The summed E-state index contributed by atoms with van der Waals surface area (Å²) >= 11 is 0. The molecule has 0 saturated carbocycles. The molecule has 90 valence electrons. The van der Waals surface area contributed by atoms with Gasteiger partial charge in [-0.25, -0.2) is 0 Å². The van der Waals surface area contributed by atoms with Crippen molar-refractivity contribution in [2.45, 2.75) is 46.5 Å². The van der Waals surface area contributed by atoms with Crippen molar-refractivity contribution in [3.63, 3.8) is 0 Å². The molecule has 0 atom stereocenters. The Hall–Kier alpha value is -0.980. The number of benzene rings is 1. The van der Waals surface area contributed by atoms with Gasteiger partial charge >= 0.3 is 0 Å². The van der Waals surface area contributed by atoms with Crippen molar-refractivity contribution in [2.75, 3.05) is 6.61 Å². The first kappa shape index (κ1) is 13.1. The van der Waals surface area contributed by atoms with Crippen molar-refractivity contribution in [2.24, 2.45) is 5.92 Å². The van der Waals surface area contributed by atoms with E-state index in [0.29, 0.717) is 5.92 Å². The summed E-state index contributed by atoms with van der Waals surface area (Å²) in [5.41, 5.74) is 1.44. The molecule has 0 N–H and O–H groups in total. The largest absolute Gasteiger partial charge is 0.493 e. The average molecular weight is 220 g/mol. The van der Waals surface area contributed by atoms with Gasteiger partial charge < -0.3 is 4.74 Å². The Kier molecular flexibility index (Phi) is 4.40. The van der Waals surface area contributed by atoms with E-state index in [-0.39, 0.29) is 5.41 Å². The maximum atomic E-state index is 5.87. The highest BCUT2D eigenvalue weighted by Gasteiger charge is 2.18. The molecule has 0 aliphatic heterocycles. The molecule has 0 heterocycles. The predicted octanol–water partition coefficient (Wildman–Crippen LogP) is 4.41. The first-order valence-corrected chi connectivity index (χ1v) is 6.13. The summed E-state index contributed by atoms with van der Waals surface area (Å²) in [6, 6.07) is 8.35. The molecule has 1 aromatic rings. The normalized spacial score (nSPS) is 11.9. The van der Waals surface area contributed by atoms with Gasteiger partial charge in [-0.15, -0.1) is 0 Å². The Bertz CT molecular complexity index is 320. The molecule has 0 radical (unpaired) electrons. The van der Waals surface area contributed by atoms with Gasteiger partial charge in [0.05, 0.1) is 6.61 Å². The molecule has 0 aliphatic carbocycles. The number of rotatable bonds is 4. The molecular weight excluding hydrogens is 196 g/mol. The summed E-state index contributed by atoms with van der Waals surface area (Å²) in [5.74, 6) is 1.73. The monoisotopic (exact) mass is 220 g/mol. The zero-order chi connectivity index (χ0) is 12.2. The molecule has 0 saturated heterocycles. The molecular formula is C15H24O. The molecule has 1 heteroatoms. The number of para-hydroxylation sites is 1. The van der Waals surface area contributed by atoms with Crippen LogP contribution in [0.3, 0.4) is 0 Å². The van der Waals surface area contributed by atoms with Crippen LogP contribution in [0, 0.1) is 5.92 Å². The topological polar surface area (TPSA) is 9.23 Å². The molecule has 1 nitrogen and oxygen atoms in total. The third-order valence-electron chi connectivity index (χ3n) is 2.65. The Morgan fingerprint density at radius 3 is 2.31 bits per heavy atom. The van der Waals surface area contributed by atoms with E-state index in [1.807, 2.05) is 6.07 Å². The molecule has 0 aromatic heterocycles. The zero-order valence-corrected chi connectivity index (χ0v) is 11.2. The Labute approximate surface area is 99.8 Å². The second-order valence-electron chi connectivity index (χ2n) is 5.78. The van der Waals surface area contributed by atoms with Gasteiger partial charge in [0.1, 0.15) is 5.75 Å². The summed E-state index contributed by atoms with van der Waals surface area (Å²) in [4.78, 5) is 0. The van der Waals surface area contributed by atoms with E-state index in [4.69, 9.17) is 4.74 Å². The van der Waals surface area contributed by atoms with Crippen molar-refractivity contribution in [3.05, 3.63) is 29.8 Å². The third-order valence-corrected chi connectivity index (χ3v) is 2.65. The maximum Gasteiger partial charge on any atom is 0.123 e. The fourth-order valence-corrected chi connectivity index (χ4v) is 1.62. The number of hydrogen-bond donors (Lipinski definition) is 0. The van der Waals surface area contributed by atoms with Crippen LogP contribution in [0.1, 0.15) is 46.6 Å². The van der Waals surface area contributed by atoms with Crippen LogP contribution in [0.5, 0.6) is 5.75 Å². The predicted molar refractivity (Wildman–Crippen MR) is 70.1 cm³/mol. The van der Waals surface area contributed by atoms with Crippen molar-refractivity contribution in [3.8, 4) is 5.75 Å². The summed E-state index contributed by atoms with van der Waals surface area (Å²) in [5, 5.41) is 0. The van der Waals surface area contributed by atoms with E-state index in [9.17, 15) is 0 Å². The zero-order valence-electron chi connectivity index (χ0n) is 11.2. The minimum absolute atomic E-state index is 0.147. The van der Waals surface area contributed by atoms with Gasteiger partial charge in [0.2, 0.25) is 0 Å². The van der Waals surface area contributed by atoms with E-state index in [1.165, 1.54) is 5.56 Å². The van der Waals surface area contributed by atoms with Crippen LogP contribution in [-0.4, -0.2) is 6.61 Å². The quantitative estimate of drug-likeness (QED) is 0.730. The summed E-state index contributed by atoms with van der Waals surface area (Å²) < 4.78 is 5.87. The van der Waals surface area contributed by atoms with Crippen LogP contribution in [0.25, 0.3) is 0 Å². The van der Waals surface area contributed by atoms with Crippen LogP contribution in [-0.2, 0) is 5.41 Å². The van der Waals surface area contributed by atoms with Crippen molar-refractivity contribution < 1.29 is 4.74 Å². The average Bonchev–Trinajstić information content (AvgIpc) is 2.16. The highest BCUT2D eigenvalue weighted by atomic mass is 16.5. The molecule has 0 aliphatic rings. The minimum Gasteiger partial charge on any atom is -0.493 e. The Morgan fingerprint density at radius 2 is 1.75 bits per heavy atom. The van der Waals surface area contributed by atoms with E-state index < -0.39 is 0 Å². The Morgan fingerprint density at radius 1 is 1.12 bits per heavy atom. The van der Waals surface area contributed by atoms with Gasteiger partial charge in [-0.3, -0.25) is 0 Å². The van der Waals surface area contributed by atoms with Crippen molar-refractivity contribution >= 4 is 0 Å². The molecule has 0 bridgehead atoms.